The third-order valence-electron chi connectivity index (χ3n) is 4.04. The molecule has 8 heteroatoms. The predicted molar refractivity (Wildman–Crippen MR) is 99.9 cm³/mol. The van der Waals surface area contributed by atoms with Crippen LogP contribution in [0, 0.1) is 15.7 Å². The van der Waals surface area contributed by atoms with Crippen LogP contribution in [0.2, 0.25) is 0 Å². The maximum atomic E-state index is 12.2. The molecular weight excluding hydrogens is 430 g/mol. The molecule has 2 aromatic heterocycles. The number of hydrogen-bond donors (Lipinski definition) is 0. The van der Waals surface area contributed by atoms with Gasteiger partial charge in [-0.3, -0.25) is 9.59 Å². The molecule has 0 unspecified atom stereocenters. The molecule has 27 heavy (non-hydrogen) atoms. The lowest BCUT2D eigenvalue weighted by molar-refractivity contribution is -0.684. The van der Waals surface area contributed by atoms with E-state index < -0.39 is 5.41 Å². The second kappa shape index (κ2) is 8.56. The van der Waals surface area contributed by atoms with Crippen LogP contribution in [0.3, 0.4) is 0 Å². The number of hydrogen-bond acceptors (Lipinski definition) is 5. The smallest absolute Gasteiger partial charge is 0.287 e. The predicted octanol–water partition coefficient (Wildman–Crippen LogP) is 0.394. The number of rotatable bonds is 5. The van der Waals surface area contributed by atoms with E-state index in [1.54, 1.807) is 12.4 Å². The van der Waals surface area contributed by atoms with Crippen molar-refractivity contribution in [1.29, 1.82) is 0 Å². The van der Waals surface area contributed by atoms with E-state index in [9.17, 15) is 9.59 Å². The summed E-state index contributed by atoms with van der Waals surface area (Å²) in [6.07, 6.45) is 3.60. The molecule has 0 spiro atoms. The zero-order valence-corrected chi connectivity index (χ0v) is 19.0. The number of Topliss-reactive ketones (excluding diaryl/α,β-unsaturated/α-hetero) is 2. The molecule has 2 heterocycles. The first kappa shape index (κ1) is 23.4. The zero-order valence-electron chi connectivity index (χ0n) is 16.6. The third kappa shape index (κ3) is 6.17. The molecule has 0 amide bonds. The molecule has 148 valence electrons. The number of aromatic nitrogens is 3. The van der Waals surface area contributed by atoms with Gasteiger partial charge in [0.25, 0.3) is 4.84 Å². The highest BCUT2D eigenvalue weighted by molar-refractivity contribution is 7.71. The van der Waals surface area contributed by atoms with Gasteiger partial charge in [-0.1, -0.05) is 41.5 Å². The summed E-state index contributed by atoms with van der Waals surface area (Å²) in [5.41, 5.74) is -0.111. The molecule has 2 rings (SSSR count). The summed E-state index contributed by atoms with van der Waals surface area (Å²) in [4.78, 5) is 24.5. The van der Waals surface area contributed by atoms with Crippen LogP contribution in [0.5, 0.6) is 0 Å². The number of halogens is 1. The number of carbonyl (C=O) groups excluding carboxylic acids is 2. The monoisotopic (exact) mass is 455 g/mol. The molecule has 2 aromatic rings. The lowest BCUT2D eigenvalue weighted by atomic mass is 9.91. The highest BCUT2D eigenvalue weighted by Crippen LogP contribution is 2.19. The molecule has 0 fully saturated rings. The van der Waals surface area contributed by atoms with Gasteiger partial charge in [-0.15, -0.1) is 5.10 Å². The summed E-state index contributed by atoms with van der Waals surface area (Å²) in [7, 11) is 0. The molecule has 0 atom stereocenters. The molecule has 0 aliphatic rings. The molecule has 0 aliphatic carbocycles. The van der Waals surface area contributed by atoms with Gasteiger partial charge in [0.05, 0.1) is 5.56 Å². The van der Waals surface area contributed by atoms with Gasteiger partial charge in [0.1, 0.15) is 6.54 Å². The van der Waals surface area contributed by atoms with Crippen molar-refractivity contribution in [2.24, 2.45) is 10.8 Å². The van der Waals surface area contributed by atoms with Gasteiger partial charge < -0.3 is 21.4 Å². The van der Waals surface area contributed by atoms with Crippen LogP contribution in [-0.4, -0.2) is 21.3 Å². The zero-order chi connectivity index (χ0) is 19.7. The van der Waals surface area contributed by atoms with E-state index in [0.29, 0.717) is 12.4 Å². The van der Waals surface area contributed by atoms with Crippen molar-refractivity contribution < 1.29 is 35.6 Å². The molecule has 0 saturated heterocycles. The maximum absolute atomic E-state index is 12.2. The van der Waals surface area contributed by atoms with E-state index >= 15 is 0 Å². The van der Waals surface area contributed by atoms with Crippen LogP contribution in [-0.2, 0) is 22.7 Å². The van der Waals surface area contributed by atoms with Gasteiger partial charge in [-0.25, -0.2) is 4.68 Å². The first-order valence-electron chi connectivity index (χ1n) is 8.52. The minimum Gasteiger partial charge on any atom is -1.00 e. The summed E-state index contributed by atoms with van der Waals surface area (Å²) in [5.74, 6) is 0.531. The normalized spacial score (nSPS) is 11.8. The minimum absolute atomic E-state index is 0. The summed E-state index contributed by atoms with van der Waals surface area (Å²) < 4.78 is 8.74. The third-order valence-corrected chi connectivity index (χ3v) is 4.33. The molecule has 0 bridgehead atoms. The Labute approximate surface area is 175 Å². The minimum atomic E-state index is -0.467. The summed E-state index contributed by atoms with van der Waals surface area (Å²) in [6.45, 7) is 11.7. The first-order chi connectivity index (χ1) is 11.9. The van der Waals surface area contributed by atoms with Crippen LogP contribution in [0.1, 0.15) is 41.5 Å². The standard InChI is InChI=1S/C19H26N3O3S.BrH/c1-18(2,3)14(23)11-21-9-7-13(8-10-21)16-20-22(17(26)25-16)12-15(24)19(4,5)6;/h7-10H,11-12H2,1-6H3;1H/q+1;/p-1. The van der Waals surface area contributed by atoms with Crippen molar-refractivity contribution in [1.82, 2.24) is 9.78 Å². The van der Waals surface area contributed by atoms with Gasteiger partial charge in [0.2, 0.25) is 18.2 Å². The molecule has 0 saturated carbocycles. The van der Waals surface area contributed by atoms with Crippen molar-refractivity contribution in [2.45, 2.75) is 54.6 Å². The van der Waals surface area contributed by atoms with Gasteiger partial charge in [-0.05, 0) is 12.2 Å². The average Bonchev–Trinajstić information content (AvgIpc) is 2.87. The number of nitrogens with zero attached hydrogens (tertiary/aromatic N) is 3. The fraction of sp³-hybridized carbons (Fsp3) is 0.526. The average molecular weight is 456 g/mol. The maximum Gasteiger partial charge on any atom is 0.287 e. The Kier molecular flexibility index (Phi) is 7.41. The van der Waals surface area contributed by atoms with Crippen LogP contribution < -0.4 is 21.5 Å². The van der Waals surface area contributed by atoms with E-state index in [4.69, 9.17) is 16.6 Å². The Balaban J connectivity index is 0.00000364. The van der Waals surface area contributed by atoms with Crippen molar-refractivity contribution in [3.63, 3.8) is 0 Å². The van der Waals surface area contributed by atoms with Gasteiger partial charge in [0, 0.05) is 23.0 Å². The SMILES string of the molecule is CC(C)(C)C(=O)Cn1nc(-c2cc[n+](CC(=O)C(C)(C)C)cc2)oc1=S.[Br-]. The molecule has 0 aliphatic heterocycles. The second-order valence-electron chi connectivity index (χ2n) is 8.44. The van der Waals surface area contributed by atoms with Crippen LogP contribution in [0.25, 0.3) is 11.5 Å². The molecule has 0 aromatic carbocycles. The van der Waals surface area contributed by atoms with Gasteiger partial charge in [-0.2, -0.15) is 4.57 Å². The Hall–Kier alpha value is -1.67. The van der Waals surface area contributed by atoms with Gasteiger partial charge >= 0.3 is 0 Å². The van der Waals surface area contributed by atoms with Crippen molar-refractivity contribution in [3.8, 4) is 11.5 Å². The lowest BCUT2D eigenvalue weighted by Crippen LogP contribution is -3.00. The lowest BCUT2D eigenvalue weighted by Gasteiger charge is -2.15. The van der Waals surface area contributed by atoms with Crippen molar-refractivity contribution in [3.05, 3.63) is 29.4 Å². The molecule has 0 radical (unpaired) electrons. The Morgan fingerprint density at radius 1 is 1.07 bits per heavy atom. The summed E-state index contributed by atoms with van der Waals surface area (Å²) in [5, 5.41) is 4.31. The topological polar surface area (TPSA) is 69.0 Å². The molecule has 0 N–H and O–H groups in total. The van der Waals surface area contributed by atoms with E-state index in [1.165, 1.54) is 4.68 Å². The highest BCUT2D eigenvalue weighted by atomic mass is 79.9. The van der Waals surface area contributed by atoms with E-state index in [1.807, 2.05) is 58.2 Å². The van der Waals surface area contributed by atoms with E-state index in [0.717, 1.165) is 5.56 Å². The summed E-state index contributed by atoms with van der Waals surface area (Å²) in [6, 6.07) is 3.62. The Morgan fingerprint density at radius 3 is 2.07 bits per heavy atom. The van der Waals surface area contributed by atoms with Crippen LogP contribution in [0.4, 0.5) is 0 Å². The first-order valence-corrected chi connectivity index (χ1v) is 8.93. The highest BCUT2D eigenvalue weighted by Gasteiger charge is 2.25. The van der Waals surface area contributed by atoms with Crippen LogP contribution >= 0.6 is 12.2 Å². The van der Waals surface area contributed by atoms with Gasteiger partial charge in [0.15, 0.2) is 18.2 Å². The molecule has 6 nitrogen and oxygen atoms in total. The Morgan fingerprint density at radius 2 is 1.59 bits per heavy atom. The van der Waals surface area contributed by atoms with E-state index in [-0.39, 0.29) is 45.3 Å². The van der Waals surface area contributed by atoms with Crippen LogP contribution in [0.15, 0.2) is 28.9 Å². The fourth-order valence-electron chi connectivity index (χ4n) is 2.00. The van der Waals surface area contributed by atoms with Crippen molar-refractivity contribution in [2.75, 3.05) is 0 Å². The largest absolute Gasteiger partial charge is 1.00 e. The van der Waals surface area contributed by atoms with Crippen molar-refractivity contribution >= 4 is 23.8 Å². The quantitative estimate of drug-likeness (QED) is 0.481. The Bertz CT molecular complexity index is 871. The summed E-state index contributed by atoms with van der Waals surface area (Å²) >= 11 is 5.17. The fourth-order valence-corrected chi connectivity index (χ4v) is 2.19. The number of pyridine rings is 1. The number of ketones is 2. The van der Waals surface area contributed by atoms with E-state index in [2.05, 4.69) is 5.10 Å². The second-order valence-corrected chi connectivity index (χ2v) is 8.79. The number of carbonyl (C=O) groups is 2. The molecular formula is C19H26BrN3O3S.